The fraction of sp³-hybridized carbons (Fsp3) is 0.333. The van der Waals surface area contributed by atoms with E-state index >= 15 is 0 Å². The summed E-state index contributed by atoms with van der Waals surface area (Å²) < 4.78 is 10.4. The predicted molar refractivity (Wildman–Crippen MR) is 59.2 cm³/mol. The highest BCUT2D eigenvalue weighted by atomic mass is 16.6. The molecule has 0 aromatic carbocycles. The van der Waals surface area contributed by atoms with Crippen molar-refractivity contribution >= 4 is 17.1 Å². The zero-order valence-electron chi connectivity index (χ0n) is 9.48. The number of pyridine rings is 1. The smallest absolute Gasteiger partial charge is 0.342 e. The lowest BCUT2D eigenvalue weighted by molar-refractivity contribution is 0.00709. The van der Waals surface area contributed by atoms with E-state index in [2.05, 4.69) is 4.98 Å². The first-order chi connectivity index (χ1) is 7.47. The van der Waals surface area contributed by atoms with Crippen molar-refractivity contribution in [2.45, 2.75) is 26.4 Å². The number of esters is 1. The van der Waals surface area contributed by atoms with Gasteiger partial charge in [-0.2, -0.15) is 0 Å². The van der Waals surface area contributed by atoms with Crippen LogP contribution in [0.1, 0.15) is 31.1 Å². The Hall–Kier alpha value is -1.84. The van der Waals surface area contributed by atoms with Crippen LogP contribution in [0.5, 0.6) is 0 Å². The van der Waals surface area contributed by atoms with Crippen LogP contribution in [0.25, 0.3) is 11.1 Å². The zero-order valence-corrected chi connectivity index (χ0v) is 9.48. The number of aromatic nitrogens is 1. The molecule has 0 spiro atoms. The second kappa shape index (κ2) is 3.63. The minimum Gasteiger partial charge on any atom is -0.456 e. The van der Waals surface area contributed by atoms with Gasteiger partial charge < -0.3 is 9.15 Å². The maximum absolute atomic E-state index is 11.8. The summed E-state index contributed by atoms with van der Waals surface area (Å²) in [5, 5.41) is 0.678. The van der Waals surface area contributed by atoms with Gasteiger partial charge in [0.05, 0.1) is 5.39 Å². The molecule has 2 heterocycles. The van der Waals surface area contributed by atoms with E-state index in [1.807, 2.05) is 20.8 Å². The summed E-state index contributed by atoms with van der Waals surface area (Å²) in [5.41, 5.74) is 0.351. The lowest BCUT2D eigenvalue weighted by Crippen LogP contribution is -2.23. The Balaban J connectivity index is 2.37. The molecule has 0 amide bonds. The van der Waals surface area contributed by atoms with E-state index in [-0.39, 0.29) is 5.97 Å². The highest BCUT2D eigenvalue weighted by Gasteiger charge is 2.21. The summed E-state index contributed by atoms with van der Waals surface area (Å²) in [6, 6.07) is 3.54. The molecule has 4 nitrogen and oxygen atoms in total. The molecule has 16 heavy (non-hydrogen) atoms. The third-order valence-electron chi connectivity index (χ3n) is 1.97. The van der Waals surface area contributed by atoms with Gasteiger partial charge in [0.2, 0.25) is 5.71 Å². The number of furan rings is 1. The van der Waals surface area contributed by atoms with Crippen LogP contribution in [0.4, 0.5) is 0 Å². The normalized spacial score (nSPS) is 11.7. The number of ether oxygens (including phenoxy) is 1. The van der Waals surface area contributed by atoms with Gasteiger partial charge in [0.1, 0.15) is 17.4 Å². The molecule has 0 fully saturated rings. The maximum atomic E-state index is 11.8. The second-order valence-electron chi connectivity index (χ2n) is 4.51. The highest BCUT2D eigenvalue weighted by Crippen LogP contribution is 2.21. The van der Waals surface area contributed by atoms with Crippen molar-refractivity contribution in [3.05, 3.63) is 30.2 Å². The molecular formula is C12H13NO3. The molecule has 0 aliphatic rings. The molecule has 0 saturated carbocycles. The van der Waals surface area contributed by atoms with E-state index in [4.69, 9.17) is 9.15 Å². The van der Waals surface area contributed by atoms with Crippen molar-refractivity contribution in [1.82, 2.24) is 4.98 Å². The first-order valence-electron chi connectivity index (χ1n) is 5.03. The number of nitrogens with zero attached hydrogens (tertiary/aromatic N) is 1. The average molecular weight is 219 g/mol. The van der Waals surface area contributed by atoms with Crippen LogP contribution in [0.3, 0.4) is 0 Å². The van der Waals surface area contributed by atoms with Crippen LogP contribution in [0.15, 0.2) is 29.0 Å². The highest BCUT2D eigenvalue weighted by molar-refractivity contribution is 6.02. The van der Waals surface area contributed by atoms with Crippen molar-refractivity contribution < 1.29 is 13.9 Å². The molecule has 0 aliphatic heterocycles. The molecule has 0 N–H and O–H groups in total. The van der Waals surface area contributed by atoms with Gasteiger partial charge in [0, 0.05) is 6.20 Å². The molecule has 0 saturated heterocycles. The molecular weight excluding hydrogens is 206 g/mol. The Labute approximate surface area is 93.2 Å². The van der Waals surface area contributed by atoms with E-state index in [0.29, 0.717) is 16.7 Å². The third-order valence-corrected chi connectivity index (χ3v) is 1.97. The van der Waals surface area contributed by atoms with Crippen LogP contribution in [0, 0.1) is 0 Å². The average Bonchev–Trinajstić information content (AvgIpc) is 2.58. The largest absolute Gasteiger partial charge is 0.456 e. The lowest BCUT2D eigenvalue weighted by Gasteiger charge is -2.18. The van der Waals surface area contributed by atoms with Crippen molar-refractivity contribution in [3.8, 4) is 0 Å². The lowest BCUT2D eigenvalue weighted by atomic mass is 10.2. The summed E-state index contributed by atoms with van der Waals surface area (Å²) in [5.74, 6) is -0.390. The first kappa shape index (κ1) is 10.7. The van der Waals surface area contributed by atoms with Crippen molar-refractivity contribution in [2.24, 2.45) is 0 Å². The number of carbonyl (C=O) groups is 1. The minimum atomic E-state index is -0.511. The number of hydrogen-bond donors (Lipinski definition) is 0. The van der Waals surface area contributed by atoms with E-state index in [9.17, 15) is 4.79 Å². The van der Waals surface area contributed by atoms with Crippen LogP contribution >= 0.6 is 0 Å². The number of fused-ring (bicyclic) bond motifs is 1. The van der Waals surface area contributed by atoms with Gasteiger partial charge in [0.25, 0.3) is 0 Å². The zero-order chi connectivity index (χ0) is 11.8. The Morgan fingerprint density at radius 2 is 2.19 bits per heavy atom. The standard InChI is InChI=1S/C12H13NO3/c1-12(2,3)16-11(14)9-7-15-10-8(9)5-4-6-13-10/h4-7H,1-3H3. The van der Waals surface area contributed by atoms with Crippen LogP contribution in [-0.4, -0.2) is 16.6 Å². The summed E-state index contributed by atoms with van der Waals surface area (Å²) in [7, 11) is 0. The SMILES string of the molecule is CC(C)(C)OC(=O)c1coc2ncccc12. The van der Waals surface area contributed by atoms with Gasteiger partial charge >= 0.3 is 5.97 Å². The predicted octanol–water partition coefficient (Wildman–Crippen LogP) is 2.78. The van der Waals surface area contributed by atoms with Crippen LogP contribution < -0.4 is 0 Å². The molecule has 0 bridgehead atoms. The Kier molecular flexibility index (Phi) is 2.42. The summed E-state index contributed by atoms with van der Waals surface area (Å²) in [4.78, 5) is 15.8. The molecule has 4 heteroatoms. The monoisotopic (exact) mass is 219 g/mol. The quantitative estimate of drug-likeness (QED) is 0.692. The van der Waals surface area contributed by atoms with E-state index in [0.717, 1.165) is 0 Å². The molecule has 0 aliphatic carbocycles. The van der Waals surface area contributed by atoms with Gasteiger partial charge in [-0.15, -0.1) is 0 Å². The van der Waals surface area contributed by atoms with Crippen molar-refractivity contribution in [2.75, 3.05) is 0 Å². The third kappa shape index (κ3) is 2.05. The Bertz CT molecular complexity index is 522. The van der Waals surface area contributed by atoms with E-state index < -0.39 is 5.60 Å². The fourth-order valence-corrected chi connectivity index (χ4v) is 1.36. The van der Waals surface area contributed by atoms with E-state index in [1.54, 1.807) is 18.3 Å². The minimum absolute atomic E-state index is 0.390. The molecule has 2 aromatic heterocycles. The molecule has 2 aromatic rings. The number of hydrogen-bond acceptors (Lipinski definition) is 4. The molecule has 0 unspecified atom stereocenters. The van der Waals surface area contributed by atoms with Gasteiger partial charge in [-0.1, -0.05) is 0 Å². The summed E-state index contributed by atoms with van der Waals surface area (Å²) >= 11 is 0. The molecule has 0 atom stereocenters. The molecule has 84 valence electrons. The molecule has 0 radical (unpaired) electrons. The summed E-state index contributed by atoms with van der Waals surface area (Å²) in [6.45, 7) is 5.47. The van der Waals surface area contributed by atoms with Crippen molar-refractivity contribution in [1.29, 1.82) is 0 Å². The van der Waals surface area contributed by atoms with Gasteiger partial charge in [-0.05, 0) is 32.9 Å². The molecule has 2 rings (SSSR count). The summed E-state index contributed by atoms with van der Waals surface area (Å²) in [6.07, 6.45) is 3.00. The number of carbonyl (C=O) groups excluding carboxylic acids is 1. The van der Waals surface area contributed by atoms with Gasteiger partial charge in [-0.3, -0.25) is 0 Å². The van der Waals surface area contributed by atoms with Gasteiger partial charge in [-0.25, -0.2) is 9.78 Å². The van der Waals surface area contributed by atoms with Crippen molar-refractivity contribution in [3.63, 3.8) is 0 Å². The number of rotatable bonds is 1. The Morgan fingerprint density at radius 1 is 1.44 bits per heavy atom. The second-order valence-corrected chi connectivity index (χ2v) is 4.51. The first-order valence-corrected chi connectivity index (χ1v) is 5.03. The fourth-order valence-electron chi connectivity index (χ4n) is 1.36. The van der Waals surface area contributed by atoms with Crippen LogP contribution in [0.2, 0.25) is 0 Å². The van der Waals surface area contributed by atoms with E-state index in [1.165, 1.54) is 6.26 Å². The maximum Gasteiger partial charge on any atom is 0.342 e. The Morgan fingerprint density at radius 3 is 2.88 bits per heavy atom. The van der Waals surface area contributed by atoms with Crippen LogP contribution in [-0.2, 0) is 4.74 Å². The van der Waals surface area contributed by atoms with Gasteiger partial charge in [0.15, 0.2) is 0 Å². The topological polar surface area (TPSA) is 52.3 Å².